The second-order valence-corrected chi connectivity index (χ2v) is 9.21. The zero-order valence-corrected chi connectivity index (χ0v) is 21.0. The van der Waals surface area contributed by atoms with Gasteiger partial charge in [-0.25, -0.2) is 24.7 Å². The first-order valence-corrected chi connectivity index (χ1v) is 12.4. The fourth-order valence-corrected chi connectivity index (χ4v) is 4.58. The molecule has 0 bridgehead atoms. The number of hydrogen-bond donors (Lipinski definition) is 2. The Bertz CT molecular complexity index is 1220. The van der Waals surface area contributed by atoms with Crippen LogP contribution in [-0.2, 0) is 17.7 Å². The first-order chi connectivity index (χ1) is 17.5. The molecule has 1 fully saturated rings. The zero-order chi connectivity index (χ0) is 25.1. The molecule has 36 heavy (non-hydrogen) atoms. The van der Waals surface area contributed by atoms with Crippen molar-refractivity contribution < 1.29 is 9.53 Å². The zero-order valence-electron chi connectivity index (χ0n) is 21.0. The average molecular weight is 489 g/mol. The third-order valence-corrected chi connectivity index (χ3v) is 6.47. The van der Waals surface area contributed by atoms with Crippen LogP contribution in [0.15, 0.2) is 36.7 Å². The van der Waals surface area contributed by atoms with Gasteiger partial charge >= 0.3 is 6.03 Å². The molecule has 4 heterocycles. The minimum Gasteiger partial charge on any atom is -0.377 e. The molecule has 2 aromatic heterocycles. The monoisotopic (exact) mass is 488 g/mol. The minimum absolute atomic E-state index is 0.225. The topological polar surface area (TPSA) is 108 Å². The van der Waals surface area contributed by atoms with Crippen LogP contribution in [0.5, 0.6) is 0 Å². The van der Waals surface area contributed by atoms with Gasteiger partial charge in [-0.05, 0) is 57.0 Å². The van der Waals surface area contributed by atoms with Gasteiger partial charge in [-0.1, -0.05) is 0 Å². The molecule has 3 aromatic rings. The molecule has 1 aromatic carbocycles. The van der Waals surface area contributed by atoms with Gasteiger partial charge in [0, 0.05) is 48.8 Å². The summed E-state index contributed by atoms with van der Waals surface area (Å²) >= 11 is 0. The number of hydrogen-bond acceptors (Lipinski definition) is 8. The summed E-state index contributed by atoms with van der Waals surface area (Å²) in [7, 11) is 0. The Hall–Kier alpha value is -3.79. The first-order valence-electron chi connectivity index (χ1n) is 12.4. The number of carbonyl (C=O) groups excluding carboxylic acids is 1. The molecule has 1 saturated heterocycles. The molecule has 2 N–H and O–H groups in total. The molecule has 5 rings (SSSR count). The summed E-state index contributed by atoms with van der Waals surface area (Å²) in [5.41, 5.74) is 4.83. The van der Waals surface area contributed by atoms with Crippen molar-refractivity contribution >= 4 is 23.5 Å². The third-order valence-electron chi connectivity index (χ3n) is 6.47. The number of benzene rings is 1. The van der Waals surface area contributed by atoms with Crippen LogP contribution < -0.4 is 20.4 Å². The molecule has 10 heteroatoms. The van der Waals surface area contributed by atoms with Crippen molar-refractivity contribution in [2.75, 3.05) is 48.0 Å². The number of amides is 2. The number of aryl methyl sites for hydroxylation is 1. The lowest BCUT2D eigenvalue weighted by atomic mass is 10.0. The minimum atomic E-state index is -0.225. The molecule has 2 aliphatic rings. The van der Waals surface area contributed by atoms with E-state index in [2.05, 4.69) is 37.3 Å². The van der Waals surface area contributed by atoms with Crippen molar-refractivity contribution in [2.24, 2.45) is 0 Å². The van der Waals surface area contributed by atoms with Gasteiger partial charge in [-0.3, -0.25) is 0 Å². The highest BCUT2D eigenvalue weighted by molar-refractivity contribution is 5.89. The molecule has 1 unspecified atom stereocenters. The Morgan fingerprint density at radius 2 is 1.92 bits per heavy atom. The van der Waals surface area contributed by atoms with Crippen molar-refractivity contribution in [1.29, 1.82) is 0 Å². The van der Waals surface area contributed by atoms with Crippen LogP contribution in [0.2, 0.25) is 0 Å². The summed E-state index contributed by atoms with van der Waals surface area (Å²) in [6.07, 6.45) is 4.52. The van der Waals surface area contributed by atoms with E-state index in [9.17, 15) is 4.79 Å². The lowest BCUT2D eigenvalue weighted by Gasteiger charge is -2.37. The van der Waals surface area contributed by atoms with Crippen molar-refractivity contribution in [1.82, 2.24) is 25.3 Å². The van der Waals surface area contributed by atoms with Gasteiger partial charge in [0.05, 0.1) is 31.5 Å². The van der Waals surface area contributed by atoms with Crippen LogP contribution in [0, 0.1) is 6.92 Å². The van der Waals surface area contributed by atoms with Gasteiger partial charge in [-0.15, -0.1) is 0 Å². The predicted octanol–water partition coefficient (Wildman–Crippen LogP) is 3.17. The normalized spacial score (nSPS) is 17.5. The van der Waals surface area contributed by atoms with E-state index in [0.29, 0.717) is 43.8 Å². The lowest BCUT2D eigenvalue weighted by molar-refractivity contribution is 0.0984. The van der Waals surface area contributed by atoms with Crippen molar-refractivity contribution in [3.63, 3.8) is 0 Å². The number of morpholine rings is 1. The van der Waals surface area contributed by atoms with Gasteiger partial charge in [-0.2, -0.15) is 0 Å². The summed E-state index contributed by atoms with van der Waals surface area (Å²) in [6, 6.07) is 7.64. The highest BCUT2D eigenvalue weighted by Crippen LogP contribution is 2.32. The Labute approximate surface area is 211 Å². The maximum Gasteiger partial charge on any atom is 0.319 e. The Morgan fingerprint density at radius 1 is 1.14 bits per heavy atom. The second kappa shape index (κ2) is 10.4. The maximum atomic E-state index is 11.9. The standard InChI is InChI=1S/C26H32N8O2/c1-4-27-26(35)30-20-7-5-19(6-8-20)23-31-22-15-33(25-28-13-17(2)14-29-25)10-9-21(22)24(32-23)34-11-12-36-16-18(34)3/h5-8,13-14,18H,4,9-12,15-16H2,1-3H3,(H2,27,30,35). The quantitative estimate of drug-likeness (QED) is 0.564. The van der Waals surface area contributed by atoms with Crippen LogP contribution >= 0.6 is 0 Å². The van der Waals surface area contributed by atoms with Crippen LogP contribution in [0.25, 0.3) is 11.4 Å². The van der Waals surface area contributed by atoms with E-state index in [1.54, 1.807) is 0 Å². The van der Waals surface area contributed by atoms with Gasteiger partial charge in [0.25, 0.3) is 0 Å². The van der Waals surface area contributed by atoms with E-state index in [4.69, 9.17) is 14.7 Å². The number of rotatable bonds is 5. The van der Waals surface area contributed by atoms with Gasteiger partial charge in [0.15, 0.2) is 5.82 Å². The first kappa shape index (κ1) is 23.9. The van der Waals surface area contributed by atoms with Crippen LogP contribution in [0.3, 0.4) is 0 Å². The van der Waals surface area contributed by atoms with Crippen LogP contribution in [0.1, 0.15) is 30.7 Å². The number of urea groups is 1. The van der Waals surface area contributed by atoms with E-state index in [1.165, 1.54) is 5.56 Å². The molecule has 2 aliphatic heterocycles. The Morgan fingerprint density at radius 3 is 2.64 bits per heavy atom. The van der Waals surface area contributed by atoms with Gasteiger partial charge in [0.2, 0.25) is 5.95 Å². The van der Waals surface area contributed by atoms with Crippen molar-refractivity contribution in [2.45, 2.75) is 39.8 Å². The van der Waals surface area contributed by atoms with E-state index in [-0.39, 0.29) is 12.1 Å². The predicted molar refractivity (Wildman–Crippen MR) is 139 cm³/mol. The van der Waals surface area contributed by atoms with E-state index < -0.39 is 0 Å². The van der Waals surface area contributed by atoms with Gasteiger partial charge in [0.1, 0.15) is 5.82 Å². The summed E-state index contributed by atoms with van der Waals surface area (Å²) in [5.74, 6) is 2.37. The molecule has 0 aliphatic carbocycles. The molecule has 0 spiro atoms. The SMILES string of the molecule is CCNC(=O)Nc1ccc(-c2nc3c(c(N4CCOCC4C)n2)CCN(c2ncc(C)cn2)C3)cc1. The number of anilines is 3. The fourth-order valence-electron chi connectivity index (χ4n) is 4.58. The molecular weight excluding hydrogens is 456 g/mol. The number of ether oxygens (including phenoxy) is 1. The molecule has 1 atom stereocenters. The molecule has 0 saturated carbocycles. The van der Waals surface area contributed by atoms with Crippen LogP contribution in [-0.4, -0.2) is 64.9 Å². The average Bonchev–Trinajstić information content (AvgIpc) is 2.89. The summed E-state index contributed by atoms with van der Waals surface area (Å²) < 4.78 is 5.69. The highest BCUT2D eigenvalue weighted by Gasteiger charge is 2.29. The molecule has 2 amide bonds. The van der Waals surface area contributed by atoms with Crippen molar-refractivity contribution in [3.8, 4) is 11.4 Å². The van der Waals surface area contributed by atoms with E-state index in [1.807, 2.05) is 50.5 Å². The Balaban J connectivity index is 1.49. The third kappa shape index (κ3) is 5.08. The Kier molecular flexibility index (Phi) is 6.95. The summed E-state index contributed by atoms with van der Waals surface area (Å²) in [4.78, 5) is 35.5. The molecule has 188 valence electrons. The number of nitrogens with zero attached hydrogens (tertiary/aromatic N) is 6. The number of nitrogens with one attached hydrogen (secondary N) is 2. The number of fused-ring (bicyclic) bond motifs is 1. The van der Waals surface area contributed by atoms with E-state index in [0.717, 1.165) is 42.1 Å². The summed E-state index contributed by atoms with van der Waals surface area (Å²) in [6.45, 7) is 10.2. The maximum absolute atomic E-state index is 11.9. The number of aromatic nitrogens is 4. The second-order valence-electron chi connectivity index (χ2n) is 9.21. The molecule has 10 nitrogen and oxygen atoms in total. The van der Waals surface area contributed by atoms with Gasteiger partial charge < -0.3 is 25.2 Å². The fraction of sp³-hybridized carbons (Fsp3) is 0.423. The largest absolute Gasteiger partial charge is 0.377 e. The highest BCUT2D eigenvalue weighted by atomic mass is 16.5. The summed E-state index contributed by atoms with van der Waals surface area (Å²) in [5, 5.41) is 5.57. The lowest BCUT2D eigenvalue weighted by Crippen LogP contribution is -2.45. The van der Waals surface area contributed by atoms with Crippen LogP contribution in [0.4, 0.5) is 22.2 Å². The molecular formula is C26H32N8O2. The van der Waals surface area contributed by atoms with E-state index >= 15 is 0 Å². The molecule has 0 radical (unpaired) electrons. The smallest absolute Gasteiger partial charge is 0.319 e. The van der Waals surface area contributed by atoms with Crippen molar-refractivity contribution in [3.05, 3.63) is 53.5 Å². The number of carbonyl (C=O) groups is 1.